The molecule has 5 heterocycles. The second-order valence-electron chi connectivity index (χ2n) is 10.3. The van der Waals surface area contributed by atoms with Crippen LogP contribution in [0, 0.1) is 34.6 Å². The number of allylic oxidation sites excluding steroid dienone is 1. The van der Waals surface area contributed by atoms with Crippen LogP contribution in [-0.4, -0.2) is 20.8 Å². The van der Waals surface area contributed by atoms with Crippen LogP contribution in [0.5, 0.6) is 0 Å². The van der Waals surface area contributed by atoms with Gasteiger partial charge in [0, 0.05) is 33.5 Å². The number of para-hydroxylation sites is 1. The van der Waals surface area contributed by atoms with Gasteiger partial charge in [-0.2, -0.15) is 0 Å². The number of H-pyrrole nitrogens is 3. The van der Waals surface area contributed by atoms with Crippen molar-refractivity contribution in [3.8, 4) is 0 Å². The summed E-state index contributed by atoms with van der Waals surface area (Å²) < 4.78 is 0. The van der Waals surface area contributed by atoms with Gasteiger partial charge < -0.3 is 15.0 Å². The van der Waals surface area contributed by atoms with Gasteiger partial charge in [-0.05, 0) is 124 Å². The molecular formula is C32H33N5. The smallest absolute Gasteiger partial charge is 0.142 e. The number of fused-ring (bicyclic) bond motifs is 7. The highest BCUT2D eigenvalue weighted by atomic mass is 15.3. The minimum absolute atomic E-state index is 0.948. The Balaban J connectivity index is 1.72. The molecule has 4 aromatic rings. The Morgan fingerprint density at radius 2 is 1.30 bits per heavy atom. The van der Waals surface area contributed by atoms with Crippen molar-refractivity contribution < 1.29 is 0 Å². The molecular weight excluding hydrogens is 454 g/mol. The molecule has 0 radical (unpaired) electrons. The zero-order valence-electron chi connectivity index (χ0n) is 22.6. The van der Waals surface area contributed by atoms with Gasteiger partial charge in [0.25, 0.3) is 0 Å². The zero-order chi connectivity index (χ0) is 26.0. The minimum atomic E-state index is 0.948. The number of aromatic amines is 3. The molecule has 0 atom stereocenters. The van der Waals surface area contributed by atoms with Crippen LogP contribution in [-0.2, 0) is 0 Å². The molecule has 2 aliphatic rings. The summed E-state index contributed by atoms with van der Waals surface area (Å²) in [6.45, 7) is 15.2. The average molecular weight is 488 g/mol. The molecule has 186 valence electrons. The Morgan fingerprint density at radius 3 is 2.03 bits per heavy atom. The topological polar surface area (TPSA) is 63.0 Å². The molecule has 1 aromatic carbocycles. The van der Waals surface area contributed by atoms with Gasteiger partial charge in [-0.1, -0.05) is 18.2 Å². The van der Waals surface area contributed by atoms with Gasteiger partial charge in [0.1, 0.15) is 11.7 Å². The number of aromatic nitrogens is 3. The molecule has 2 aliphatic heterocycles. The van der Waals surface area contributed by atoms with Crippen LogP contribution >= 0.6 is 0 Å². The SMILES string of the molecule is CC1=C(C)/C2=C/c3[nH]c(c(C)c3C)/C=c3\[nH]/c(cc3C)=C\c3[nH]c(c(C)c3C)N(c3ccccc3)C1=N2. The van der Waals surface area contributed by atoms with E-state index in [1.165, 1.54) is 39.0 Å². The van der Waals surface area contributed by atoms with Gasteiger partial charge in [-0.25, -0.2) is 4.99 Å². The third-order valence-electron chi connectivity index (χ3n) is 8.12. The highest BCUT2D eigenvalue weighted by Crippen LogP contribution is 2.37. The summed E-state index contributed by atoms with van der Waals surface area (Å²) in [6.07, 6.45) is 6.62. The molecule has 5 nitrogen and oxygen atoms in total. The number of rotatable bonds is 1. The van der Waals surface area contributed by atoms with Gasteiger partial charge in [0.2, 0.25) is 0 Å². The molecule has 8 bridgehead atoms. The van der Waals surface area contributed by atoms with Gasteiger partial charge in [0.05, 0.1) is 5.70 Å². The molecule has 5 heteroatoms. The first-order valence-electron chi connectivity index (χ1n) is 12.8. The molecule has 6 rings (SSSR count). The van der Waals surface area contributed by atoms with E-state index < -0.39 is 0 Å². The maximum absolute atomic E-state index is 5.23. The Morgan fingerprint density at radius 1 is 0.649 bits per heavy atom. The molecule has 0 unspecified atom stereocenters. The molecule has 37 heavy (non-hydrogen) atoms. The molecule has 3 aromatic heterocycles. The molecule has 0 aliphatic carbocycles. The van der Waals surface area contributed by atoms with Crippen LogP contribution in [0.15, 0.2) is 58.2 Å². The lowest BCUT2D eigenvalue weighted by Gasteiger charge is -2.25. The lowest BCUT2D eigenvalue weighted by Crippen LogP contribution is -2.26. The van der Waals surface area contributed by atoms with Crippen molar-refractivity contribution >= 4 is 35.6 Å². The minimum Gasteiger partial charge on any atom is -0.355 e. The van der Waals surface area contributed by atoms with E-state index in [0.29, 0.717) is 0 Å². The van der Waals surface area contributed by atoms with Crippen molar-refractivity contribution in [2.75, 3.05) is 4.90 Å². The zero-order valence-corrected chi connectivity index (χ0v) is 22.6. The van der Waals surface area contributed by atoms with Crippen molar-refractivity contribution in [3.63, 3.8) is 0 Å². The fourth-order valence-electron chi connectivity index (χ4n) is 5.29. The Bertz CT molecular complexity index is 1780. The molecule has 0 amide bonds. The van der Waals surface area contributed by atoms with Crippen LogP contribution in [0.2, 0.25) is 0 Å². The van der Waals surface area contributed by atoms with E-state index in [1.54, 1.807) is 0 Å². The van der Waals surface area contributed by atoms with Crippen molar-refractivity contribution in [3.05, 3.63) is 109 Å². The highest BCUT2D eigenvalue weighted by molar-refractivity contribution is 6.17. The first-order chi connectivity index (χ1) is 17.7. The summed E-state index contributed by atoms with van der Waals surface area (Å²) in [5, 5.41) is 2.19. The van der Waals surface area contributed by atoms with E-state index in [4.69, 9.17) is 4.99 Å². The monoisotopic (exact) mass is 487 g/mol. The molecule has 0 saturated heterocycles. The van der Waals surface area contributed by atoms with E-state index in [9.17, 15) is 0 Å². The lowest BCUT2D eigenvalue weighted by molar-refractivity contribution is 1.20. The molecule has 3 N–H and O–H groups in total. The number of hydrogen-bond donors (Lipinski definition) is 3. The number of aryl methyl sites for hydroxylation is 1. The fourth-order valence-corrected chi connectivity index (χ4v) is 5.29. The van der Waals surface area contributed by atoms with E-state index in [1.807, 2.05) is 0 Å². The van der Waals surface area contributed by atoms with Crippen LogP contribution in [0.1, 0.15) is 58.7 Å². The fraction of sp³-hybridized carbons (Fsp3) is 0.219. The normalized spacial score (nSPS) is 18.2. The van der Waals surface area contributed by atoms with E-state index in [2.05, 4.69) is 123 Å². The summed E-state index contributed by atoms with van der Waals surface area (Å²) in [5.41, 5.74) is 13.9. The van der Waals surface area contributed by atoms with Gasteiger partial charge in [-0.15, -0.1) is 0 Å². The van der Waals surface area contributed by atoms with E-state index in [-0.39, 0.29) is 0 Å². The van der Waals surface area contributed by atoms with Crippen molar-refractivity contribution in [1.29, 1.82) is 0 Å². The second kappa shape index (κ2) is 8.41. The van der Waals surface area contributed by atoms with Gasteiger partial charge in [0.15, 0.2) is 0 Å². The lowest BCUT2D eigenvalue weighted by atomic mass is 10.1. The molecule has 0 saturated carbocycles. The van der Waals surface area contributed by atoms with E-state index in [0.717, 1.165) is 50.8 Å². The second-order valence-corrected chi connectivity index (χ2v) is 10.3. The van der Waals surface area contributed by atoms with Crippen LogP contribution in [0.3, 0.4) is 0 Å². The standard InChI is InChI=1S/C32H33N5/c1-17-13-24-14-27-20(4)22(6)31(35-27)37(25-11-9-8-10-12-25)32-23(7)21(5)30(36-32)16-29-19(3)18(2)28(34-29)15-26(17)33-24/h8-16,33-35H,1-7H3/b24-14-,26-15-,30-16-. The Labute approximate surface area is 217 Å². The maximum atomic E-state index is 5.23. The first-order valence-corrected chi connectivity index (χ1v) is 12.8. The summed E-state index contributed by atoms with van der Waals surface area (Å²) in [6, 6.07) is 12.7. The number of aliphatic imine (C=N–C) groups is 1. The van der Waals surface area contributed by atoms with Crippen LogP contribution < -0.4 is 15.6 Å². The number of nitrogens with one attached hydrogen (secondary N) is 3. The van der Waals surface area contributed by atoms with Gasteiger partial charge in [-0.3, -0.25) is 4.90 Å². The van der Waals surface area contributed by atoms with Crippen LogP contribution in [0.25, 0.3) is 18.2 Å². The largest absolute Gasteiger partial charge is 0.355 e. The Kier molecular flexibility index (Phi) is 5.27. The van der Waals surface area contributed by atoms with Crippen molar-refractivity contribution in [1.82, 2.24) is 15.0 Å². The summed E-state index contributed by atoms with van der Waals surface area (Å²) in [5.74, 6) is 1.99. The molecule has 0 fully saturated rings. The van der Waals surface area contributed by atoms with Crippen molar-refractivity contribution in [2.45, 2.75) is 48.5 Å². The van der Waals surface area contributed by atoms with Crippen molar-refractivity contribution in [2.24, 2.45) is 4.99 Å². The highest BCUT2D eigenvalue weighted by Gasteiger charge is 2.28. The predicted molar refractivity (Wildman–Crippen MR) is 155 cm³/mol. The molecule has 0 spiro atoms. The summed E-state index contributed by atoms with van der Waals surface area (Å²) in [7, 11) is 0. The quantitative estimate of drug-likeness (QED) is 0.298. The summed E-state index contributed by atoms with van der Waals surface area (Å²) >= 11 is 0. The van der Waals surface area contributed by atoms with Crippen LogP contribution in [0.4, 0.5) is 11.5 Å². The number of hydrogen-bond acceptors (Lipinski definition) is 2. The Hall–Kier alpha value is -4.25. The predicted octanol–water partition coefficient (Wildman–Crippen LogP) is 6.11. The third-order valence-corrected chi connectivity index (χ3v) is 8.12. The first kappa shape index (κ1) is 23.2. The number of amidine groups is 1. The van der Waals surface area contributed by atoms with E-state index >= 15 is 0 Å². The maximum Gasteiger partial charge on any atom is 0.142 e. The number of benzene rings is 1. The average Bonchev–Trinajstić information content (AvgIpc) is 3.54. The van der Waals surface area contributed by atoms with Gasteiger partial charge >= 0.3 is 0 Å². The third kappa shape index (κ3) is 3.65. The summed E-state index contributed by atoms with van der Waals surface area (Å²) in [4.78, 5) is 18.5. The number of nitrogens with zero attached hydrogens (tertiary/aromatic N) is 2. The number of anilines is 2.